The molecule has 1 aliphatic heterocycles. The third kappa shape index (κ3) is 3.74. The van der Waals surface area contributed by atoms with Gasteiger partial charge >= 0.3 is 5.97 Å². The summed E-state index contributed by atoms with van der Waals surface area (Å²) in [6.45, 7) is 2.12. The first-order chi connectivity index (χ1) is 11.6. The minimum Gasteiger partial charge on any atom is -0.481 e. The van der Waals surface area contributed by atoms with Crippen molar-refractivity contribution in [1.29, 1.82) is 0 Å². The van der Waals surface area contributed by atoms with Gasteiger partial charge in [0.2, 0.25) is 5.91 Å². The number of hydrogen-bond acceptors (Lipinski definition) is 3. The number of carboxylic acid groups (broad SMARTS) is 1. The molecule has 5 heteroatoms. The van der Waals surface area contributed by atoms with E-state index >= 15 is 0 Å². The Bertz CT molecular complexity index is 732. The first-order valence-corrected chi connectivity index (χ1v) is 8.20. The number of carbonyl (C=O) groups is 2. The normalized spacial score (nSPS) is 16.1. The highest BCUT2D eigenvalue weighted by atomic mass is 16.5. The molecule has 1 N–H and O–H groups in total. The van der Waals surface area contributed by atoms with Crippen LogP contribution in [0.5, 0.6) is 0 Å². The molecule has 5 nitrogen and oxygen atoms in total. The second-order valence-corrected chi connectivity index (χ2v) is 6.07. The lowest BCUT2D eigenvalue weighted by Crippen LogP contribution is -2.42. The number of hydrogen-bond donors (Lipinski definition) is 1. The predicted molar refractivity (Wildman–Crippen MR) is 90.8 cm³/mol. The average Bonchev–Trinajstić information content (AvgIpc) is 2.62. The topological polar surface area (TPSA) is 66.8 Å². The summed E-state index contributed by atoms with van der Waals surface area (Å²) in [7, 11) is 0. The van der Waals surface area contributed by atoms with Crippen molar-refractivity contribution in [3.8, 4) is 0 Å². The van der Waals surface area contributed by atoms with Crippen LogP contribution in [0.3, 0.4) is 0 Å². The lowest BCUT2D eigenvalue weighted by Gasteiger charge is -2.28. The van der Waals surface area contributed by atoms with Crippen LogP contribution in [0.2, 0.25) is 0 Å². The lowest BCUT2D eigenvalue weighted by atomic mass is 9.92. The van der Waals surface area contributed by atoms with Crippen molar-refractivity contribution in [2.45, 2.75) is 12.8 Å². The number of benzene rings is 2. The Morgan fingerprint density at radius 3 is 2.54 bits per heavy atom. The molecular weight excluding hydrogens is 306 g/mol. The lowest BCUT2D eigenvalue weighted by molar-refractivity contribution is -0.147. The number of morpholine rings is 1. The summed E-state index contributed by atoms with van der Waals surface area (Å²) in [5, 5.41) is 11.7. The van der Waals surface area contributed by atoms with E-state index in [1.807, 2.05) is 42.5 Å². The maximum Gasteiger partial charge on any atom is 0.307 e. The van der Waals surface area contributed by atoms with Crippen molar-refractivity contribution in [2.75, 3.05) is 26.3 Å². The number of aliphatic carboxylic acids is 1. The van der Waals surface area contributed by atoms with Gasteiger partial charge in [0.05, 0.1) is 19.1 Å². The van der Waals surface area contributed by atoms with E-state index in [1.165, 1.54) is 0 Å². The van der Waals surface area contributed by atoms with Gasteiger partial charge in [-0.3, -0.25) is 9.59 Å². The average molecular weight is 327 g/mol. The number of amides is 1. The van der Waals surface area contributed by atoms with Gasteiger partial charge < -0.3 is 14.7 Å². The summed E-state index contributed by atoms with van der Waals surface area (Å²) in [5.74, 6) is -1.75. The molecule has 0 radical (unpaired) electrons. The molecule has 1 aliphatic rings. The predicted octanol–water partition coefficient (Wildman–Crippen LogP) is 2.33. The fourth-order valence-electron chi connectivity index (χ4n) is 3.14. The summed E-state index contributed by atoms with van der Waals surface area (Å²) in [4.78, 5) is 25.7. The number of fused-ring (bicyclic) bond motifs is 1. The van der Waals surface area contributed by atoms with Crippen LogP contribution in [0, 0.1) is 5.92 Å². The number of ether oxygens (including phenoxy) is 1. The van der Waals surface area contributed by atoms with Gasteiger partial charge in [-0.15, -0.1) is 0 Å². The van der Waals surface area contributed by atoms with Crippen LogP contribution >= 0.6 is 0 Å². The first kappa shape index (κ1) is 16.5. The first-order valence-electron chi connectivity index (χ1n) is 8.20. The van der Waals surface area contributed by atoms with Crippen molar-refractivity contribution in [3.05, 3.63) is 48.0 Å². The highest BCUT2D eigenvalue weighted by molar-refractivity contribution is 5.87. The van der Waals surface area contributed by atoms with E-state index in [-0.39, 0.29) is 12.3 Å². The molecule has 1 amide bonds. The van der Waals surface area contributed by atoms with Crippen LogP contribution in [0.25, 0.3) is 10.8 Å². The van der Waals surface area contributed by atoms with Gasteiger partial charge in [0.15, 0.2) is 0 Å². The zero-order valence-electron chi connectivity index (χ0n) is 13.5. The molecule has 0 bridgehead atoms. The Kier molecular flexibility index (Phi) is 5.11. The van der Waals surface area contributed by atoms with E-state index in [2.05, 4.69) is 0 Å². The van der Waals surface area contributed by atoms with Crippen LogP contribution < -0.4 is 0 Å². The minimum absolute atomic E-state index is 0.0263. The van der Waals surface area contributed by atoms with Gasteiger partial charge in [-0.05, 0) is 22.8 Å². The zero-order valence-corrected chi connectivity index (χ0v) is 13.5. The van der Waals surface area contributed by atoms with Gasteiger partial charge in [-0.2, -0.15) is 0 Å². The zero-order chi connectivity index (χ0) is 16.9. The van der Waals surface area contributed by atoms with E-state index in [0.717, 1.165) is 16.3 Å². The summed E-state index contributed by atoms with van der Waals surface area (Å²) in [6, 6.07) is 13.8. The quantitative estimate of drug-likeness (QED) is 0.915. The molecule has 0 unspecified atom stereocenters. The maximum absolute atomic E-state index is 12.4. The van der Waals surface area contributed by atoms with Crippen LogP contribution in [-0.4, -0.2) is 48.2 Å². The molecule has 0 aromatic heterocycles. The molecule has 2 aromatic carbocycles. The third-order valence-corrected chi connectivity index (χ3v) is 4.48. The summed E-state index contributed by atoms with van der Waals surface area (Å²) in [5.41, 5.74) is 0.968. The Morgan fingerprint density at radius 2 is 1.79 bits per heavy atom. The van der Waals surface area contributed by atoms with Crippen LogP contribution in [0.15, 0.2) is 42.5 Å². The van der Waals surface area contributed by atoms with Crippen molar-refractivity contribution >= 4 is 22.6 Å². The molecule has 126 valence electrons. The Morgan fingerprint density at radius 1 is 1.08 bits per heavy atom. The molecule has 1 fully saturated rings. The summed E-state index contributed by atoms with van der Waals surface area (Å²) >= 11 is 0. The van der Waals surface area contributed by atoms with Crippen molar-refractivity contribution in [1.82, 2.24) is 4.90 Å². The molecule has 1 atom stereocenters. The summed E-state index contributed by atoms with van der Waals surface area (Å²) < 4.78 is 5.24. The van der Waals surface area contributed by atoms with E-state index in [4.69, 9.17) is 4.74 Å². The molecule has 3 rings (SSSR count). The molecule has 2 aromatic rings. The summed E-state index contributed by atoms with van der Waals surface area (Å²) in [6.07, 6.45) is 0.380. The second-order valence-electron chi connectivity index (χ2n) is 6.07. The van der Waals surface area contributed by atoms with Crippen molar-refractivity contribution < 1.29 is 19.4 Å². The van der Waals surface area contributed by atoms with E-state index in [1.54, 1.807) is 4.90 Å². The van der Waals surface area contributed by atoms with Crippen LogP contribution in [0.4, 0.5) is 0 Å². The fourth-order valence-corrected chi connectivity index (χ4v) is 3.14. The van der Waals surface area contributed by atoms with Gasteiger partial charge in [0.25, 0.3) is 0 Å². The van der Waals surface area contributed by atoms with Crippen molar-refractivity contribution in [2.24, 2.45) is 5.92 Å². The Hall–Kier alpha value is -2.40. The van der Waals surface area contributed by atoms with Gasteiger partial charge in [0.1, 0.15) is 0 Å². The smallest absolute Gasteiger partial charge is 0.307 e. The number of rotatable bonds is 5. The SMILES string of the molecule is O=C(O)[C@H](CC(=O)N1CCOCC1)Cc1cccc2ccccc12. The van der Waals surface area contributed by atoms with Crippen LogP contribution in [0.1, 0.15) is 12.0 Å². The minimum atomic E-state index is -0.926. The largest absolute Gasteiger partial charge is 0.481 e. The van der Waals surface area contributed by atoms with Crippen LogP contribution in [-0.2, 0) is 20.7 Å². The van der Waals surface area contributed by atoms with Gasteiger partial charge in [0, 0.05) is 19.5 Å². The molecule has 0 saturated carbocycles. The molecular formula is C19H21NO4. The highest BCUT2D eigenvalue weighted by Gasteiger charge is 2.26. The maximum atomic E-state index is 12.4. The third-order valence-electron chi connectivity index (χ3n) is 4.48. The van der Waals surface area contributed by atoms with E-state index in [0.29, 0.717) is 32.7 Å². The molecule has 0 spiro atoms. The fraction of sp³-hybridized carbons (Fsp3) is 0.368. The highest BCUT2D eigenvalue weighted by Crippen LogP contribution is 2.23. The van der Waals surface area contributed by atoms with E-state index < -0.39 is 11.9 Å². The molecule has 24 heavy (non-hydrogen) atoms. The number of nitrogens with zero attached hydrogens (tertiary/aromatic N) is 1. The number of carbonyl (C=O) groups excluding carboxylic acids is 1. The second kappa shape index (κ2) is 7.45. The molecule has 0 aliphatic carbocycles. The standard InChI is InChI=1S/C19H21NO4/c21-18(20-8-10-24-11-9-20)13-16(19(22)23)12-15-6-3-5-14-4-1-2-7-17(14)15/h1-7,16H,8-13H2,(H,22,23)/t16-/m0/s1. The number of carboxylic acids is 1. The van der Waals surface area contributed by atoms with Gasteiger partial charge in [-0.1, -0.05) is 42.5 Å². The molecule has 1 heterocycles. The van der Waals surface area contributed by atoms with E-state index in [9.17, 15) is 14.7 Å². The molecule has 1 saturated heterocycles. The Labute approximate surface area is 140 Å². The Balaban J connectivity index is 1.76. The van der Waals surface area contributed by atoms with Gasteiger partial charge in [-0.25, -0.2) is 0 Å². The van der Waals surface area contributed by atoms with Crippen molar-refractivity contribution in [3.63, 3.8) is 0 Å². The monoisotopic (exact) mass is 327 g/mol.